The molecule has 0 bridgehead atoms. The number of aliphatic hydroxyl groups is 2. The molecule has 242 valence electrons. The molecular formula is C36H62O6. The van der Waals surface area contributed by atoms with Crippen molar-refractivity contribution < 1.29 is 29.3 Å². The van der Waals surface area contributed by atoms with E-state index in [1.54, 1.807) is 0 Å². The highest BCUT2D eigenvalue weighted by Gasteiger charge is 2.12. The maximum atomic E-state index is 11.9. The Kier molecular flexibility index (Phi) is 28.7. The number of carbonyl (C=O) groups is 2. The highest BCUT2D eigenvalue weighted by Crippen LogP contribution is 2.14. The first-order chi connectivity index (χ1) is 20.4. The summed E-state index contributed by atoms with van der Waals surface area (Å²) in [6, 6.07) is 0. The van der Waals surface area contributed by atoms with E-state index in [1.807, 2.05) is 6.92 Å². The van der Waals surface area contributed by atoms with Crippen LogP contribution in [0.1, 0.15) is 136 Å². The van der Waals surface area contributed by atoms with Crippen LogP contribution in [0.2, 0.25) is 0 Å². The molecule has 0 aromatic carbocycles. The van der Waals surface area contributed by atoms with Crippen LogP contribution in [-0.4, -0.2) is 47.6 Å². The molecular weight excluding hydrogens is 528 g/mol. The molecule has 0 amide bonds. The van der Waals surface area contributed by atoms with Gasteiger partial charge in [0.1, 0.15) is 19.3 Å². The Hall–Kier alpha value is -2.18. The molecule has 0 saturated heterocycles. The topological polar surface area (TPSA) is 93.1 Å². The monoisotopic (exact) mass is 590 g/mol. The molecule has 6 nitrogen and oxygen atoms in total. The summed E-state index contributed by atoms with van der Waals surface area (Å²) in [5.74, 6) is 0.165. The molecule has 0 saturated carbocycles. The second kappa shape index (κ2) is 30.3. The van der Waals surface area contributed by atoms with Crippen LogP contribution in [-0.2, 0) is 19.1 Å². The minimum absolute atomic E-state index is 0.143. The number of aliphatic hydroxyl groups excluding tert-OH is 2. The Bertz CT molecular complexity index is 754. The van der Waals surface area contributed by atoms with E-state index in [1.165, 1.54) is 32.1 Å². The molecule has 0 aliphatic rings. The van der Waals surface area contributed by atoms with Gasteiger partial charge in [0.15, 0.2) is 0 Å². The first-order valence-electron chi connectivity index (χ1n) is 16.7. The zero-order valence-electron chi connectivity index (χ0n) is 27.0. The summed E-state index contributed by atoms with van der Waals surface area (Å²) in [6.07, 6.45) is 32.5. The fraction of sp³-hybridized carbons (Fsp3) is 0.722. The first kappa shape index (κ1) is 39.8. The smallest absolute Gasteiger partial charge is 0.305 e. The van der Waals surface area contributed by atoms with Gasteiger partial charge in [-0.05, 0) is 63.7 Å². The lowest BCUT2D eigenvalue weighted by molar-refractivity contribution is -0.152. The third-order valence-electron chi connectivity index (χ3n) is 7.27. The fourth-order valence-corrected chi connectivity index (χ4v) is 4.15. The quantitative estimate of drug-likeness (QED) is 0.0538. The van der Waals surface area contributed by atoms with Crippen molar-refractivity contribution in [1.29, 1.82) is 0 Å². The molecule has 0 aliphatic heterocycles. The molecule has 1 unspecified atom stereocenters. The summed E-state index contributed by atoms with van der Waals surface area (Å²) in [4.78, 5) is 23.7. The average molecular weight is 591 g/mol. The van der Waals surface area contributed by atoms with E-state index in [9.17, 15) is 19.8 Å². The van der Waals surface area contributed by atoms with Crippen molar-refractivity contribution in [2.75, 3.05) is 13.2 Å². The third-order valence-corrected chi connectivity index (χ3v) is 7.27. The number of ether oxygens (including phenoxy) is 2. The zero-order valence-corrected chi connectivity index (χ0v) is 27.0. The van der Waals surface area contributed by atoms with Crippen molar-refractivity contribution in [3.8, 4) is 0 Å². The summed E-state index contributed by atoms with van der Waals surface area (Å²) in [7, 11) is 0. The second-order valence-corrected chi connectivity index (χ2v) is 11.3. The Labute approximate surface area is 257 Å². The second-order valence-electron chi connectivity index (χ2n) is 11.3. The summed E-state index contributed by atoms with van der Waals surface area (Å²) >= 11 is 0. The van der Waals surface area contributed by atoms with Gasteiger partial charge in [-0.2, -0.15) is 0 Å². The van der Waals surface area contributed by atoms with E-state index < -0.39 is 6.10 Å². The number of carbonyl (C=O) groups excluding carboxylic acids is 2. The molecule has 0 aromatic heterocycles. The van der Waals surface area contributed by atoms with Crippen LogP contribution in [0.15, 0.2) is 48.6 Å². The largest absolute Gasteiger partial charge is 0.463 e. The lowest BCUT2D eigenvalue weighted by Crippen LogP contribution is -2.25. The van der Waals surface area contributed by atoms with Gasteiger partial charge in [0.05, 0.1) is 6.10 Å². The Morgan fingerprint density at radius 3 is 1.60 bits per heavy atom. The van der Waals surface area contributed by atoms with Crippen molar-refractivity contribution in [2.24, 2.45) is 5.92 Å². The van der Waals surface area contributed by atoms with Crippen LogP contribution in [0.4, 0.5) is 0 Å². The SMILES string of the molecule is CCC(C)CCCCCCCCC(=O)OC[C@@H](O)COC(=O)CCC/C=C\C/C=C\C/C=C\C/C=C\CC[C@@H](O)CC. The molecule has 0 aromatic rings. The summed E-state index contributed by atoms with van der Waals surface area (Å²) in [5.41, 5.74) is 0. The lowest BCUT2D eigenvalue weighted by atomic mass is 10.00. The molecule has 42 heavy (non-hydrogen) atoms. The number of rotatable bonds is 28. The van der Waals surface area contributed by atoms with Gasteiger partial charge in [0.2, 0.25) is 0 Å². The minimum Gasteiger partial charge on any atom is -0.463 e. The van der Waals surface area contributed by atoms with Crippen LogP contribution < -0.4 is 0 Å². The van der Waals surface area contributed by atoms with Crippen molar-refractivity contribution >= 4 is 11.9 Å². The van der Waals surface area contributed by atoms with E-state index in [4.69, 9.17) is 9.47 Å². The molecule has 0 heterocycles. The maximum Gasteiger partial charge on any atom is 0.305 e. The van der Waals surface area contributed by atoms with Crippen molar-refractivity contribution in [3.05, 3.63) is 48.6 Å². The fourth-order valence-electron chi connectivity index (χ4n) is 4.15. The van der Waals surface area contributed by atoms with Crippen LogP contribution in [0.25, 0.3) is 0 Å². The third kappa shape index (κ3) is 29.3. The van der Waals surface area contributed by atoms with Gasteiger partial charge in [-0.3, -0.25) is 9.59 Å². The predicted octanol–water partition coefficient (Wildman–Crippen LogP) is 8.72. The molecule has 0 rings (SSSR count). The molecule has 0 aliphatic carbocycles. The molecule has 2 N–H and O–H groups in total. The van der Waals surface area contributed by atoms with Crippen LogP contribution in [0.5, 0.6) is 0 Å². The van der Waals surface area contributed by atoms with Gasteiger partial charge in [-0.1, -0.05) is 114 Å². The highest BCUT2D eigenvalue weighted by atomic mass is 16.6. The predicted molar refractivity (Wildman–Crippen MR) is 174 cm³/mol. The van der Waals surface area contributed by atoms with E-state index in [0.29, 0.717) is 19.3 Å². The molecule has 0 fully saturated rings. The standard InChI is InChI=1S/C36H62O6/c1-4-32(3)26-22-18-16-17-21-25-29-36(40)42-31-34(38)30-41-35(39)28-24-20-15-13-11-9-7-6-8-10-12-14-19-23-27-33(37)5-2/h7-10,13-15,19,32-34,37-38H,4-6,11-12,16-18,20-31H2,1-3H3/b9-7-,10-8-,15-13-,19-14-/t32?,33-,34-/m0/s1. The van der Waals surface area contributed by atoms with Gasteiger partial charge in [-0.15, -0.1) is 0 Å². The van der Waals surface area contributed by atoms with E-state index in [-0.39, 0.29) is 31.3 Å². The van der Waals surface area contributed by atoms with E-state index >= 15 is 0 Å². The van der Waals surface area contributed by atoms with Crippen LogP contribution in [0.3, 0.4) is 0 Å². The zero-order chi connectivity index (χ0) is 31.1. The first-order valence-corrected chi connectivity index (χ1v) is 16.7. The molecule has 6 heteroatoms. The number of esters is 2. The van der Waals surface area contributed by atoms with E-state index in [0.717, 1.165) is 70.1 Å². The Morgan fingerprint density at radius 2 is 1.05 bits per heavy atom. The van der Waals surface area contributed by atoms with Crippen LogP contribution >= 0.6 is 0 Å². The van der Waals surface area contributed by atoms with Gasteiger partial charge in [-0.25, -0.2) is 0 Å². The van der Waals surface area contributed by atoms with Crippen molar-refractivity contribution in [1.82, 2.24) is 0 Å². The minimum atomic E-state index is -0.994. The lowest BCUT2D eigenvalue weighted by Gasteiger charge is -2.12. The molecule has 0 radical (unpaired) electrons. The van der Waals surface area contributed by atoms with Gasteiger partial charge < -0.3 is 19.7 Å². The highest BCUT2D eigenvalue weighted by molar-refractivity contribution is 5.69. The molecule has 3 atom stereocenters. The van der Waals surface area contributed by atoms with Gasteiger partial charge in [0, 0.05) is 12.8 Å². The normalized spacial score (nSPS) is 14.3. The average Bonchev–Trinajstić information content (AvgIpc) is 2.99. The number of allylic oxidation sites excluding steroid dienone is 8. The van der Waals surface area contributed by atoms with Crippen molar-refractivity contribution in [2.45, 2.75) is 149 Å². The summed E-state index contributed by atoms with van der Waals surface area (Å²) in [6.45, 7) is 6.25. The number of unbranched alkanes of at least 4 members (excludes halogenated alkanes) is 6. The number of hydrogen-bond acceptors (Lipinski definition) is 6. The van der Waals surface area contributed by atoms with Crippen LogP contribution in [0, 0.1) is 5.92 Å². The number of hydrogen-bond donors (Lipinski definition) is 2. The van der Waals surface area contributed by atoms with Gasteiger partial charge in [0.25, 0.3) is 0 Å². The van der Waals surface area contributed by atoms with Gasteiger partial charge >= 0.3 is 11.9 Å². The molecule has 0 spiro atoms. The Balaban J connectivity index is 3.62. The summed E-state index contributed by atoms with van der Waals surface area (Å²) < 4.78 is 10.2. The summed E-state index contributed by atoms with van der Waals surface area (Å²) in [5, 5.41) is 19.4. The maximum absolute atomic E-state index is 11.9. The van der Waals surface area contributed by atoms with Crippen molar-refractivity contribution in [3.63, 3.8) is 0 Å². The van der Waals surface area contributed by atoms with E-state index in [2.05, 4.69) is 62.5 Å². The Morgan fingerprint density at radius 1 is 0.571 bits per heavy atom.